The number of nitro groups is 1. The average molecular weight is 253 g/mol. The van der Waals surface area contributed by atoms with Gasteiger partial charge < -0.3 is 10.1 Å². The van der Waals surface area contributed by atoms with Crippen LogP contribution in [0.5, 0.6) is 0 Å². The molecule has 0 spiro atoms. The van der Waals surface area contributed by atoms with Crippen molar-refractivity contribution < 1.29 is 14.5 Å². The molecule has 7 nitrogen and oxygen atoms in total. The lowest BCUT2D eigenvalue weighted by Crippen LogP contribution is -2.14. The molecule has 0 aliphatic carbocycles. The minimum Gasteiger partial charge on any atom is -0.382 e. The zero-order valence-electron chi connectivity index (χ0n) is 10.1. The molecule has 1 amide bonds. The number of nitrogens with one attached hydrogen (secondary N) is 1. The van der Waals surface area contributed by atoms with Crippen molar-refractivity contribution in [1.82, 2.24) is 4.98 Å². The van der Waals surface area contributed by atoms with Crippen LogP contribution in [0.15, 0.2) is 18.3 Å². The standard InChI is InChI=1S/C11H15N3O4/c1-2-18-8-4-6-10(15)13-11-9(14(16)17)5-3-7-12-11/h3,5,7H,2,4,6,8H2,1H3,(H,12,13,15). The van der Waals surface area contributed by atoms with Crippen LogP contribution >= 0.6 is 0 Å². The maximum absolute atomic E-state index is 11.5. The molecule has 0 radical (unpaired) electrons. The third kappa shape index (κ3) is 4.46. The number of ether oxygens (including phenoxy) is 1. The van der Waals surface area contributed by atoms with Gasteiger partial charge in [0, 0.05) is 31.9 Å². The summed E-state index contributed by atoms with van der Waals surface area (Å²) >= 11 is 0. The molecule has 0 saturated carbocycles. The second-order valence-electron chi connectivity index (χ2n) is 3.48. The molecule has 0 aromatic carbocycles. The molecule has 1 heterocycles. The highest BCUT2D eigenvalue weighted by molar-refractivity contribution is 5.91. The molecule has 0 atom stereocenters. The Balaban J connectivity index is 2.51. The molecule has 0 aliphatic rings. The molecule has 0 bridgehead atoms. The van der Waals surface area contributed by atoms with Crippen LogP contribution in [0.1, 0.15) is 19.8 Å². The number of hydrogen-bond donors (Lipinski definition) is 1. The van der Waals surface area contributed by atoms with Gasteiger partial charge in [-0.15, -0.1) is 0 Å². The van der Waals surface area contributed by atoms with Crippen molar-refractivity contribution in [2.45, 2.75) is 19.8 Å². The Labute approximate surface area is 104 Å². The zero-order valence-corrected chi connectivity index (χ0v) is 10.1. The van der Waals surface area contributed by atoms with Gasteiger partial charge in [0.05, 0.1) is 4.92 Å². The van der Waals surface area contributed by atoms with E-state index in [1.54, 1.807) is 0 Å². The smallest absolute Gasteiger partial charge is 0.311 e. The molecule has 1 rings (SSSR count). The summed E-state index contributed by atoms with van der Waals surface area (Å²) in [6.45, 7) is 2.97. The Morgan fingerprint density at radius 3 is 3.06 bits per heavy atom. The third-order valence-electron chi connectivity index (χ3n) is 2.14. The maximum atomic E-state index is 11.5. The third-order valence-corrected chi connectivity index (χ3v) is 2.14. The van der Waals surface area contributed by atoms with Crippen LogP contribution < -0.4 is 5.32 Å². The molecule has 1 aromatic heterocycles. The Bertz CT molecular complexity index is 423. The van der Waals surface area contributed by atoms with Crippen molar-refractivity contribution in [3.63, 3.8) is 0 Å². The predicted octanol–water partition coefficient (Wildman–Crippen LogP) is 1.74. The van der Waals surface area contributed by atoms with Gasteiger partial charge >= 0.3 is 5.69 Å². The van der Waals surface area contributed by atoms with Crippen molar-refractivity contribution in [2.75, 3.05) is 18.5 Å². The molecule has 0 saturated heterocycles. The van der Waals surface area contributed by atoms with Gasteiger partial charge in [-0.25, -0.2) is 4.98 Å². The van der Waals surface area contributed by atoms with E-state index in [9.17, 15) is 14.9 Å². The van der Waals surface area contributed by atoms with Crippen LogP contribution in [0.2, 0.25) is 0 Å². The first kappa shape index (κ1) is 14.0. The molecule has 0 unspecified atom stereocenters. The van der Waals surface area contributed by atoms with Crippen molar-refractivity contribution in [3.05, 3.63) is 28.4 Å². The number of amides is 1. The second-order valence-corrected chi connectivity index (χ2v) is 3.48. The summed E-state index contributed by atoms with van der Waals surface area (Å²) in [5, 5.41) is 13.1. The molecule has 0 fully saturated rings. The fraction of sp³-hybridized carbons (Fsp3) is 0.455. The molecular formula is C11H15N3O4. The van der Waals surface area contributed by atoms with Gasteiger partial charge in [-0.05, 0) is 19.4 Å². The SMILES string of the molecule is CCOCCCC(=O)Nc1ncccc1[N+](=O)[O-]. The van der Waals surface area contributed by atoms with Gasteiger partial charge in [0.25, 0.3) is 0 Å². The maximum Gasteiger partial charge on any atom is 0.311 e. The number of hydrogen-bond acceptors (Lipinski definition) is 5. The Kier molecular flexibility index (Phi) is 5.72. The number of carbonyl (C=O) groups is 1. The minimum atomic E-state index is -0.581. The van der Waals surface area contributed by atoms with Gasteiger partial charge in [-0.3, -0.25) is 14.9 Å². The predicted molar refractivity (Wildman–Crippen MR) is 65.2 cm³/mol. The molecule has 98 valence electrons. The van der Waals surface area contributed by atoms with Gasteiger partial charge in [-0.1, -0.05) is 0 Å². The molecule has 0 aliphatic heterocycles. The van der Waals surface area contributed by atoms with Gasteiger partial charge in [-0.2, -0.15) is 0 Å². The number of anilines is 1. The van der Waals surface area contributed by atoms with Crippen molar-refractivity contribution >= 4 is 17.4 Å². The minimum absolute atomic E-state index is 0.0242. The summed E-state index contributed by atoms with van der Waals surface area (Å²) in [5.41, 5.74) is -0.212. The van der Waals surface area contributed by atoms with Crippen LogP contribution in [0.25, 0.3) is 0 Å². The van der Waals surface area contributed by atoms with Crippen molar-refractivity contribution in [1.29, 1.82) is 0 Å². The highest BCUT2D eigenvalue weighted by Gasteiger charge is 2.15. The molecule has 1 N–H and O–H groups in total. The monoisotopic (exact) mass is 253 g/mol. The largest absolute Gasteiger partial charge is 0.382 e. The summed E-state index contributed by atoms with van der Waals surface area (Å²) in [6.07, 6.45) is 2.21. The lowest BCUT2D eigenvalue weighted by Gasteiger charge is -2.04. The lowest BCUT2D eigenvalue weighted by molar-refractivity contribution is -0.384. The topological polar surface area (TPSA) is 94.4 Å². The van der Waals surface area contributed by atoms with E-state index in [1.807, 2.05) is 6.92 Å². The Hall–Kier alpha value is -2.02. The first-order valence-electron chi connectivity index (χ1n) is 5.62. The molecule has 7 heteroatoms. The number of pyridine rings is 1. The summed E-state index contributed by atoms with van der Waals surface area (Å²) < 4.78 is 5.09. The van der Waals surface area contributed by atoms with Gasteiger partial charge in [0.1, 0.15) is 0 Å². The van der Waals surface area contributed by atoms with E-state index >= 15 is 0 Å². The quantitative estimate of drug-likeness (QED) is 0.453. The first-order chi connectivity index (χ1) is 8.65. The number of rotatable bonds is 7. The summed E-state index contributed by atoms with van der Waals surface area (Å²) in [4.78, 5) is 25.4. The van der Waals surface area contributed by atoms with Crippen LogP contribution in [-0.2, 0) is 9.53 Å². The number of carbonyl (C=O) groups excluding carboxylic acids is 1. The second kappa shape index (κ2) is 7.33. The highest BCUT2D eigenvalue weighted by Crippen LogP contribution is 2.20. The van der Waals surface area contributed by atoms with Crippen LogP contribution in [-0.4, -0.2) is 29.0 Å². The fourth-order valence-electron chi connectivity index (χ4n) is 1.31. The first-order valence-corrected chi connectivity index (χ1v) is 5.62. The van der Waals surface area contributed by atoms with Gasteiger partial charge in [0.2, 0.25) is 11.7 Å². The Morgan fingerprint density at radius 1 is 1.61 bits per heavy atom. The summed E-state index contributed by atoms with van der Waals surface area (Å²) in [6, 6.07) is 2.74. The fourth-order valence-corrected chi connectivity index (χ4v) is 1.31. The van der Waals surface area contributed by atoms with E-state index < -0.39 is 4.92 Å². The molecular weight excluding hydrogens is 238 g/mol. The highest BCUT2D eigenvalue weighted by atomic mass is 16.6. The van der Waals surface area contributed by atoms with E-state index in [0.29, 0.717) is 19.6 Å². The number of aromatic nitrogens is 1. The number of nitrogens with zero attached hydrogens (tertiary/aromatic N) is 2. The normalized spacial score (nSPS) is 10.1. The van der Waals surface area contributed by atoms with E-state index in [4.69, 9.17) is 4.74 Å². The summed E-state index contributed by atoms with van der Waals surface area (Å²) in [5.74, 6) is -0.333. The molecule has 1 aromatic rings. The van der Waals surface area contributed by atoms with E-state index in [-0.39, 0.29) is 23.8 Å². The average Bonchev–Trinajstić information content (AvgIpc) is 2.35. The summed E-state index contributed by atoms with van der Waals surface area (Å²) in [7, 11) is 0. The zero-order chi connectivity index (χ0) is 13.4. The van der Waals surface area contributed by atoms with Gasteiger partial charge in [0.15, 0.2) is 0 Å². The molecule has 18 heavy (non-hydrogen) atoms. The van der Waals surface area contributed by atoms with E-state index in [0.717, 1.165) is 0 Å². The Morgan fingerprint density at radius 2 is 2.39 bits per heavy atom. The van der Waals surface area contributed by atoms with Crippen molar-refractivity contribution in [2.24, 2.45) is 0 Å². The van der Waals surface area contributed by atoms with Crippen LogP contribution in [0.4, 0.5) is 11.5 Å². The van der Waals surface area contributed by atoms with Crippen LogP contribution in [0, 0.1) is 10.1 Å². The van der Waals surface area contributed by atoms with Crippen molar-refractivity contribution in [3.8, 4) is 0 Å². The van der Waals surface area contributed by atoms with E-state index in [1.165, 1.54) is 18.3 Å². The lowest BCUT2D eigenvalue weighted by atomic mass is 10.3. The van der Waals surface area contributed by atoms with E-state index in [2.05, 4.69) is 10.3 Å². The van der Waals surface area contributed by atoms with Crippen LogP contribution in [0.3, 0.4) is 0 Å².